The third-order valence-corrected chi connectivity index (χ3v) is 6.75. The Balaban J connectivity index is 1.32. The van der Waals surface area contributed by atoms with Gasteiger partial charge in [-0.1, -0.05) is 115 Å². The maximum absolute atomic E-state index is 2.27. The Morgan fingerprint density at radius 3 is 1.47 bits per heavy atom. The molecule has 5 aromatic carbocycles. The van der Waals surface area contributed by atoms with Crippen LogP contribution in [0, 0.1) is 6.92 Å². The molecule has 6 rings (SSSR count). The summed E-state index contributed by atoms with van der Waals surface area (Å²) in [6, 6.07) is 41.8. The van der Waals surface area contributed by atoms with Gasteiger partial charge in [0.05, 0.1) is 0 Å². The molecule has 0 unspecified atom stereocenters. The van der Waals surface area contributed by atoms with E-state index in [1.54, 1.807) is 0 Å². The fourth-order valence-electron chi connectivity index (χ4n) is 4.99. The van der Waals surface area contributed by atoms with Crippen LogP contribution in [0.3, 0.4) is 0 Å². The lowest BCUT2D eigenvalue weighted by molar-refractivity contribution is 1.22. The zero-order valence-corrected chi connectivity index (χ0v) is 18.2. The minimum atomic E-state index is 1.02. The largest absolute Gasteiger partial charge is 0.0622 e. The first kappa shape index (κ1) is 18.8. The predicted octanol–water partition coefficient (Wildman–Crippen LogP) is 8.57. The summed E-state index contributed by atoms with van der Waals surface area (Å²) in [6.45, 7) is 2.22. The Morgan fingerprint density at radius 1 is 0.375 bits per heavy atom. The second-order valence-corrected chi connectivity index (χ2v) is 8.63. The van der Waals surface area contributed by atoms with Gasteiger partial charge in [-0.05, 0) is 74.5 Å². The van der Waals surface area contributed by atoms with Gasteiger partial charge in [-0.3, -0.25) is 0 Å². The normalized spacial score (nSPS) is 11.8. The predicted molar refractivity (Wildman–Crippen MR) is 136 cm³/mol. The van der Waals surface area contributed by atoms with Crippen molar-refractivity contribution in [2.45, 2.75) is 13.3 Å². The molecule has 0 aromatic heterocycles. The fourth-order valence-corrected chi connectivity index (χ4v) is 4.99. The van der Waals surface area contributed by atoms with Crippen molar-refractivity contribution >= 4 is 0 Å². The van der Waals surface area contributed by atoms with Crippen molar-refractivity contribution in [1.29, 1.82) is 0 Å². The highest BCUT2D eigenvalue weighted by molar-refractivity contribution is 5.86. The standard InChI is InChI=1S/C32H24/c1-22-7-5-11-29-30-12-6-10-28(32(30)21-31(22)29)27-19-17-26(18-20-27)25-15-13-24(14-16-25)23-8-3-2-4-9-23/h2-20H,21H2,1H3. The van der Waals surface area contributed by atoms with E-state index in [4.69, 9.17) is 0 Å². The molecule has 0 saturated heterocycles. The molecule has 0 saturated carbocycles. The Morgan fingerprint density at radius 2 is 0.844 bits per heavy atom. The van der Waals surface area contributed by atoms with Crippen molar-refractivity contribution in [3.63, 3.8) is 0 Å². The van der Waals surface area contributed by atoms with E-state index < -0.39 is 0 Å². The molecule has 32 heavy (non-hydrogen) atoms. The maximum atomic E-state index is 2.27. The molecule has 0 N–H and O–H groups in total. The van der Waals surface area contributed by atoms with Crippen LogP contribution in [0.25, 0.3) is 44.5 Å². The molecule has 1 aliphatic rings. The van der Waals surface area contributed by atoms with E-state index in [9.17, 15) is 0 Å². The highest BCUT2D eigenvalue weighted by Crippen LogP contribution is 2.42. The van der Waals surface area contributed by atoms with Crippen LogP contribution >= 0.6 is 0 Å². The molecule has 1 aliphatic carbocycles. The number of aryl methyl sites for hydroxylation is 1. The summed E-state index contributed by atoms with van der Waals surface area (Å²) in [7, 11) is 0. The Bertz CT molecular complexity index is 1410. The van der Waals surface area contributed by atoms with E-state index in [2.05, 4.69) is 122 Å². The zero-order chi connectivity index (χ0) is 21.5. The lowest BCUT2D eigenvalue weighted by Gasteiger charge is -2.10. The molecule has 152 valence electrons. The molecule has 0 nitrogen and oxygen atoms in total. The summed E-state index contributed by atoms with van der Waals surface area (Å²) < 4.78 is 0. The van der Waals surface area contributed by atoms with Crippen LogP contribution in [0.15, 0.2) is 115 Å². The number of fused-ring (bicyclic) bond motifs is 3. The highest BCUT2D eigenvalue weighted by Gasteiger charge is 2.22. The topological polar surface area (TPSA) is 0 Å². The van der Waals surface area contributed by atoms with Crippen molar-refractivity contribution < 1.29 is 0 Å². The first-order chi connectivity index (χ1) is 15.8. The van der Waals surface area contributed by atoms with Gasteiger partial charge in [0.2, 0.25) is 0 Å². The van der Waals surface area contributed by atoms with Gasteiger partial charge >= 0.3 is 0 Å². The minimum Gasteiger partial charge on any atom is -0.0622 e. The van der Waals surface area contributed by atoms with E-state index in [1.165, 1.54) is 61.2 Å². The van der Waals surface area contributed by atoms with E-state index in [1.807, 2.05) is 0 Å². The molecule has 0 amide bonds. The molecular formula is C32H24. The van der Waals surface area contributed by atoms with E-state index in [0.29, 0.717) is 0 Å². The van der Waals surface area contributed by atoms with Crippen LogP contribution in [0.5, 0.6) is 0 Å². The van der Waals surface area contributed by atoms with Crippen LogP contribution in [0.2, 0.25) is 0 Å². The van der Waals surface area contributed by atoms with Gasteiger partial charge in [0.15, 0.2) is 0 Å². The second kappa shape index (κ2) is 7.66. The van der Waals surface area contributed by atoms with Crippen LogP contribution in [0.1, 0.15) is 16.7 Å². The summed E-state index contributed by atoms with van der Waals surface area (Å²) in [4.78, 5) is 0. The Kier molecular flexibility index (Phi) is 4.51. The zero-order valence-electron chi connectivity index (χ0n) is 18.2. The number of benzene rings is 5. The molecule has 5 aromatic rings. The molecule has 0 aliphatic heterocycles. The van der Waals surface area contributed by atoms with Gasteiger partial charge in [0, 0.05) is 0 Å². The van der Waals surface area contributed by atoms with Crippen molar-refractivity contribution in [2.75, 3.05) is 0 Å². The van der Waals surface area contributed by atoms with Gasteiger partial charge in [-0.15, -0.1) is 0 Å². The monoisotopic (exact) mass is 408 g/mol. The number of rotatable bonds is 3. The van der Waals surface area contributed by atoms with Gasteiger partial charge in [0.1, 0.15) is 0 Å². The first-order valence-electron chi connectivity index (χ1n) is 11.2. The fraction of sp³-hybridized carbons (Fsp3) is 0.0625. The number of hydrogen-bond donors (Lipinski definition) is 0. The summed E-state index contributed by atoms with van der Waals surface area (Å²) in [5.41, 5.74) is 14.8. The van der Waals surface area contributed by atoms with Crippen molar-refractivity contribution in [2.24, 2.45) is 0 Å². The van der Waals surface area contributed by atoms with E-state index in [0.717, 1.165) is 6.42 Å². The number of hydrogen-bond acceptors (Lipinski definition) is 0. The molecule has 0 heteroatoms. The van der Waals surface area contributed by atoms with Gasteiger partial charge in [-0.2, -0.15) is 0 Å². The Labute approximate surface area is 189 Å². The van der Waals surface area contributed by atoms with Crippen molar-refractivity contribution in [3.05, 3.63) is 132 Å². The molecule has 0 bridgehead atoms. The molecule has 0 heterocycles. The lowest BCUT2D eigenvalue weighted by Crippen LogP contribution is -1.89. The van der Waals surface area contributed by atoms with Crippen LogP contribution in [0.4, 0.5) is 0 Å². The SMILES string of the molecule is Cc1cccc2c1Cc1c(-c3ccc(-c4ccc(-c5ccccc5)cc4)cc3)cccc1-2. The van der Waals surface area contributed by atoms with Crippen molar-refractivity contribution in [3.8, 4) is 44.5 Å². The summed E-state index contributed by atoms with van der Waals surface area (Å²) >= 11 is 0. The molecule has 0 atom stereocenters. The summed E-state index contributed by atoms with van der Waals surface area (Å²) in [6.07, 6.45) is 1.02. The minimum absolute atomic E-state index is 1.02. The third-order valence-electron chi connectivity index (χ3n) is 6.75. The second-order valence-electron chi connectivity index (χ2n) is 8.63. The average molecular weight is 409 g/mol. The van der Waals surface area contributed by atoms with Crippen LogP contribution in [-0.2, 0) is 6.42 Å². The molecular weight excluding hydrogens is 384 g/mol. The molecule has 0 radical (unpaired) electrons. The summed E-state index contributed by atoms with van der Waals surface area (Å²) in [5.74, 6) is 0. The van der Waals surface area contributed by atoms with E-state index >= 15 is 0 Å². The van der Waals surface area contributed by atoms with Gasteiger partial charge in [0.25, 0.3) is 0 Å². The van der Waals surface area contributed by atoms with Crippen molar-refractivity contribution in [1.82, 2.24) is 0 Å². The van der Waals surface area contributed by atoms with Gasteiger partial charge < -0.3 is 0 Å². The molecule has 0 fully saturated rings. The first-order valence-corrected chi connectivity index (χ1v) is 11.2. The van der Waals surface area contributed by atoms with Crippen LogP contribution in [-0.4, -0.2) is 0 Å². The van der Waals surface area contributed by atoms with Gasteiger partial charge in [-0.25, -0.2) is 0 Å². The smallest absolute Gasteiger partial charge is 0.000466 e. The highest BCUT2D eigenvalue weighted by atomic mass is 14.3. The van der Waals surface area contributed by atoms with E-state index in [-0.39, 0.29) is 0 Å². The third kappa shape index (κ3) is 3.16. The summed E-state index contributed by atoms with van der Waals surface area (Å²) in [5, 5.41) is 0. The molecule has 0 spiro atoms. The Hall–Kier alpha value is -3.90. The van der Waals surface area contributed by atoms with Crippen LogP contribution < -0.4 is 0 Å². The quantitative estimate of drug-likeness (QED) is 0.275. The maximum Gasteiger partial charge on any atom is -0.000466 e. The average Bonchev–Trinajstić information content (AvgIpc) is 3.25. The lowest BCUT2D eigenvalue weighted by atomic mass is 9.94.